The summed E-state index contributed by atoms with van der Waals surface area (Å²) in [4.78, 5) is 58.8. The van der Waals surface area contributed by atoms with Gasteiger partial charge >= 0.3 is 5.97 Å². The average molecular weight is 603 g/mol. The normalized spacial score (nSPS) is 14.3. The lowest BCUT2D eigenvalue weighted by atomic mass is 9.98. The first-order chi connectivity index (χ1) is 20.9. The molecule has 0 aliphatic rings. The molecule has 0 radical (unpaired) electrons. The third kappa shape index (κ3) is 7.84. The Bertz CT molecular complexity index is 1620. The smallest absolute Gasteiger partial charge is 0.326 e. The summed E-state index contributed by atoms with van der Waals surface area (Å²) in [5, 5.41) is 20.0. The van der Waals surface area contributed by atoms with Crippen molar-refractivity contribution in [3.63, 3.8) is 0 Å². The number of amides is 3. The fourth-order valence-electron chi connectivity index (χ4n) is 5.39. The van der Waals surface area contributed by atoms with Crippen LogP contribution < -0.4 is 21.7 Å². The van der Waals surface area contributed by atoms with Gasteiger partial charge in [0.05, 0.1) is 6.04 Å². The minimum absolute atomic E-state index is 0.0389. The molecule has 0 fully saturated rings. The molecule has 2 aromatic heterocycles. The standard InChI is InChI=1S/C33H42N6O5/c1-18(2)13-24(34)30(40)39-29(19(3)4)32(42)37-27(14-20-16-35-25-11-7-5-9-22(20)25)31(41)38-28(33(43)44)15-21-17-36-26-12-8-6-10-23(21)26/h5-12,16-19,24,27-29,35-36H,13-15,34H2,1-4H3,(H,37,42)(H,38,41)(H,39,40)(H,43,44). The number of carboxylic acids is 1. The third-order valence-electron chi connectivity index (χ3n) is 7.75. The Hall–Kier alpha value is -4.64. The van der Waals surface area contributed by atoms with E-state index in [1.807, 2.05) is 62.4 Å². The van der Waals surface area contributed by atoms with Crippen molar-refractivity contribution in [2.45, 2.75) is 71.1 Å². The number of carbonyl (C=O) groups is 4. The molecule has 4 rings (SSSR count). The van der Waals surface area contributed by atoms with Crippen molar-refractivity contribution in [2.75, 3.05) is 0 Å². The molecule has 8 N–H and O–H groups in total. The summed E-state index contributed by atoms with van der Waals surface area (Å²) in [6.07, 6.45) is 4.09. The predicted octanol–water partition coefficient (Wildman–Crippen LogP) is 3.00. The Balaban J connectivity index is 1.57. The zero-order valence-electron chi connectivity index (χ0n) is 25.5. The zero-order chi connectivity index (χ0) is 32.0. The molecular weight excluding hydrogens is 560 g/mol. The Labute approximate surface area is 256 Å². The number of nitrogens with two attached hydrogens (primary N) is 1. The molecule has 234 valence electrons. The van der Waals surface area contributed by atoms with Crippen molar-refractivity contribution in [3.8, 4) is 0 Å². The Morgan fingerprint density at radius 3 is 1.73 bits per heavy atom. The van der Waals surface area contributed by atoms with Gasteiger partial charge in [0.1, 0.15) is 18.1 Å². The van der Waals surface area contributed by atoms with Gasteiger partial charge in [0, 0.05) is 47.0 Å². The van der Waals surface area contributed by atoms with Crippen LogP contribution in [0.5, 0.6) is 0 Å². The van der Waals surface area contributed by atoms with Crippen molar-refractivity contribution in [3.05, 3.63) is 72.1 Å². The molecule has 0 saturated heterocycles. The number of aliphatic carboxylic acids is 1. The Morgan fingerprint density at radius 2 is 1.23 bits per heavy atom. The van der Waals surface area contributed by atoms with Crippen LogP contribution in [0.1, 0.15) is 45.2 Å². The number of aromatic amines is 2. The Morgan fingerprint density at radius 1 is 0.727 bits per heavy atom. The largest absolute Gasteiger partial charge is 0.480 e. The highest BCUT2D eigenvalue weighted by Gasteiger charge is 2.32. The molecule has 0 aliphatic carbocycles. The van der Waals surface area contributed by atoms with Crippen LogP contribution in [0.15, 0.2) is 60.9 Å². The number of aromatic nitrogens is 2. The number of H-pyrrole nitrogens is 2. The van der Waals surface area contributed by atoms with E-state index >= 15 is 0 Å². The van der Waals surface area contributed by atoms with Gasteiger partial charge in [0.25, 0.3) is 0 Å². The molecule has 2 heterocycles. The summed E-state index contributed by atoms with van der Waals surface area (Å²) >= 11 is 0. The van der Waals surface area contributed by atoms with E-state index in [9.17, 15) is 24.3 Å². The summed E-state index contributed by atoms with van der Waals surface area (Å²) in [6, 6.07) is 11.0. The van der Waals surface area contributed by atoms with Crippen molar-refractivity contribution < 1.29 is 24.3 Å². The summed E-state index contributed by atoms with van der Waals surface area (Å²) < 4.78 is 0. The van der Waals surface area contributed by atoms with E-state index in [0.717, 1.165) is 32.9 Å². The van der Waals surface area contributed by atoms with Crippen molar-refractivity contribution >= 4 is 45.5 Å². The van der Waals surface area contributed by atoms with Crippen molar-refractivity contribution in [1.82, 2.24) is 25.9 Å². The Kier molecular flexibility index (Phi) is 10.4. The maximum absolute atomic E-state index is 13.8. The second kappa shape index (κ2) is 14.2. The number of rotatable bonds is 14. The van der Waals surface area contributed by atoms with Gasteiger partial charge in [-0.3, -0.25) is 14.4 Å². The monoisotopic (exact) mass is 602 g/mol. The molecule has 0 bridgehead atoms. The molecule has 4 unspecified atom stereocenters. The average Bonchev–Trinajstić information content (AvgIpc) is 3.58. The number of hydrogen-bond donors (Lipinski definition) is 7. The first-order valence-electron chi connectivity index (χ1n) is 14.9. The first kappa shape index (κ1) is 32.3. The summed E-state index contributed by atoms with van der Waals surface area (Å²) in [6.45, 7) is 7.48. The third-order valence-corrected chi connectivity index (χ3v) is 7.75. The second-order valence-corrected chi connectivity index (χ2v) is 12.1. The van der Waals surface area contributed by atoms with Gasteiger partial charge in [0.15, 0.2) is 0 Å². The molecule has 0 saturated carbocycles. The number of carboxylic acid groups (broad SMARTS) is 1. The van der Waals surface area contributed by atoms with Gasteiger partial charge in [-0.1, -0.05) is 64.1 Å². The lowest BCUT2D eigenvalue weighted by Gasteiger charge is -2.27. The molecule has 2 aromatic carbocycles. The molecule has 11 heteroatoms. The van der Waals surface area contributed by atoms with Gasteiger partial charge in [-0.25, -0.2) is 4.79 Å². The highest BCUT2D eigenvalue weighted by molar-refractivity contribution is 5.95. The zero-order valence-corrected chi connectivity index (χ0v) is 25.5. The minimum atomic E-state index is -1.25. The van der Waals surface area contributed by atoms with E-state index in [-0.39, 0.29) is 24.7 Å². The number of para-hydroxylation sites is 2. The maximum Gasteiger partial charge on any atom is 0.326 e. The number of hydrogen-bond acceptors (Lipinski definition) is 5. The van der Waals surface area contributed by atoms with Gasteiger partial charge < -0.3 is 36.8 Å². The lowest BCUT2D eigenvalue weighted by molar-refractivity contribution is -0.142. The van der Waals surface area contributed by atoms with E-state index in [2.05, 4.69) is 25.9 Å². The van der Waals surface area contributed by atoms with Gasteiger partial charge in [-0.15, -0.1) is 0 Å². The van der Waals surface area contributed by atoms with E-state index < -0.39 is 47.9 Å². The van der Waals surface area contributed by atoms with Crippen LogP contribution >= 0.6 is 0 Å². The SMILES string of the molecule is CC(C)CC(N)C(=O)NC(C(=O)NC(Cc1c[nH]c2ccccc12)C(=O)NC(Cc1c[nH]c2ccccc12)C(=O)O)C(C)C. The number of nitrogens with one attached hydrogen (secondary N) is 5. The van der Waals surface area contributed by atoms with E-state index in [0.29, 0.717) is 6.42 Å². The fourth-order valence-corrected chi connectivity index (χ4v) is 5.39. The first-order valence-corrected chi connectivity index (χ1v) is 14.9. The van der Waals surface area contributed by atoms with Crippen LogP contribution in [0, 0.1) is 11.8 Å². The molecule has 4 atom stereocenters. The number of fused-ring (bicyclic) bond motifs is 2. The van der Waals surface area contributed by atoms with Crippen LogP contribution in [0.4, 0.5) is 0 Å². The quantitative estimate of drug-likeness (QED) is 0.116. The topological polar surface area (TPSA) is 182 Å². The van der Waals surface area contributed by atoms with Crippen LogP contribution in [0.25, 0.3) is 21.8 Å². The van der Waals surface area contributed by atoms with Gasteiger partial charge in [0.2, 0.25) is 17.7 Å². The summed E-state index contributed by atoms with van der Waals surface area (Å²) in [5.74, 6) is -2.98. The van der Waals surface area contributed by atoms with Crippen LogP contribution in [-0.2, 0) is 32.0 Å². The summed E-state index contributed by atoms with van der Waals surface area (Å²) in [7, 11) is 0. The molecule has 44 heavy (non-hydrogen) atoms. The highest BCUT2D eigenvalue weighted by atomic mass is 16.4. The number of carbonyl (C=O) groups excluding carboxylic acids is 3. The van der Waals surface area contributed by atoms with Crippen LogP contribution in [0.3, 0.4) is 0 Å². The maximum atomic E-state index is 13.8. The van der Waals surface area contributed by atoms with Gasteiger partial charge in [-0.05, 0) is 41.5 Å². The molecular formula is C33H42N6O5. The van der Waals surface area contributed by atoms with E-state index in [1.165, 1.54) is 0 Å². The number of benzene rings is 2. The van der Waals surface area contributed by atoms with E-state index in [4.69, 9.17) is 5.73 Å². The summed E-state index contributed by atoms with van der Waals surface area (Å²) in [5.41, 5.74) is 9.30. The molecule has 4 aromatic rings. The van der Waals surface area contributed by atoms with Crippen LogP contribution in [0.2, 0.25) is 0 Å². The second-order valence-electron chi connectivity index (χ2n) is 12.1. The minimum Gasteiger partial charge on any atom is -0.480 e. The predicted molar refractivity (Wildman–Crippen MR) is 170 cm³/mol. The molecule has 11 nitrogen and oxygen atoms in total. The molecule has 0 spiro atoms. The lowest BCUT2D eigenvalue weighted by Crippen LogP contribution is -2.59. The van der Waals surface area contributed by atoms with Crippen molar-refractivity contribution in [1.29, 1.82) is 0 Å². The molecule has 0 aliphatic heterocycles. The molecule has 3 amide bonds. The van der Waals surface area contributed by atoms with Gasteiger partial charge in [-0.2, -0.15) is 0 Å². The van der Waals surface area contributed by atoms with Crippen LogP contribution in [-0.4, -0.2) is 62.9 Å². The highest BCUT2D eigenvalue weighted by Crippen LogP contribution is 2.21. The fraction of sp³-hybridized carbons (Fsp3) is 0.394. The van der Waals surface area contributed by atoms with Crippen molar-refractivity contribution in [2.24, 2.45) is 17.6 Å². The van der Waals surface area contributed by atoms with E-state index in [1.54, 1.807) is 26.2 Å².